The average Bonchev–Trinajstić information content (AvgIpc) is 2.50. The Kier molecular flexibility index (Phi) is 6.62. The highest BCUT2D eigenvalue weighted by molar-refractivity contribution is 8.79. The van der Waals surface area contributed by atoms with Crippen molar-refractivity contribution in [3.05, 3.63) is 34.6 Å². The van der Waals surface area contributed by atoms with Gasteiger partial charge in [0.15, 0.2) is 32.1 Å². The standard InChI is InChI=1S/C11H12F5N3O5S3/c1-25(27(3,22)23)10(19(11(17)18)24-26(2,20)21)4-5(12)7(14)9(16)8(15)6(4)13/h1-3H3,(H3,17,18). The van der Waals surface area contributed by atoms with E-state index in [1.54, 1.807) is 0 Å². The van der Waals surface area contributed by atoms with Crippen molar-refractivity contribution in [2.45, 2.75) is 0 Å². The summed E-state index contributed by atoms with van der Waals surface area (Å²) >= 11 is 0. The minimum absolute atomic E-state index is 0.336. The zero-order valence-electron chi connectivity index (χ0n) is 13.7. The minimum Gasteiger partial charge on any atom is -0.368 e. The zero-order chi connectivity index (χ0) is 21.5. The first-order chi connectivity index (χ1) is 12.0. The number of benzene rings is 1. The third kappa shape index (κ3) is 4.94. The van der Waals surface area contributed by atoms with Gasteiger partial charge in [-0.2, -0.15) is 13.5 Å². The lowest BCUT2D eigenvalue weighted by atomic mass is 10.1. The van der Waals surface area contributed by atoms with E-state index in [9.17, 15) is 38.8 Å². The lowest BCUT2D eigenvalue weighted by molar-refractivity contribution is 0.109. The van der Waals surface area contributed by atoms with Gasteiger partial charge in [0.2, 0.25) is 11.8 Å². The molecule has 16 heteroatoms. The second kappa shape index (κ2) is 7.69. The van der Waals surface area contributed by atoms with Crippen LogP contribution in [0.25, 0.3) is 0 Å². The van der Waals surface area contributed by atoms with Gasteiger partial charge >= 0.3 is 0 Å². The third-order valence-corrected chi connectivity index (χ3v) is 8.20. The molecule has 0 bridgehead atoms. The summed E-state index contributed by atoms with van der Waals surface area (Å²) in [5, 5.41) is 6.96. The average molecular weight is 457 g/mol. The summed E-state index contributed by atoms with van der Waals surface area (Å²) in [5.41, 5.74) is 3.27. The molecule has 0 aliphatic rings. The normalized spacial score (nSPS) is 14.0. The van der Waals surface area contributed by atoms with Gasteiger partial charge in [0.25, 0.3) is 10.1 Å². The van der Waals surface area contributed by atoms with E-state index in [1.165, 1.54) is 0 Å². The molecule has 1 unspecified atom stereocenters. The van der Waals surface area contributed by atoms with Crippen molar-refractivity contribution in [2.24, 2.45) is 5.73 Å². The molecule has 0 radical (unpaired) electrons. The van der Waals surface area contributed by atoms with Crippen molar-refractivity contribution in [2.75, 3.05) is 18.8 Å². The molecule has 0 aliphatic carbocycles. The van der Waals surface area contributed by atoms with Crippen molar-refractivity contribution >= 4 is 39.5 Å². The Morgan fingerprint density at radius 3 is 1.63 bits per heavy atom. The number of nitrogens with one attached hydrogen (secondary N) is 1. The summed E-state index contributed by atoms with van der Waals surface area (Å²) in [5.74, 6) is -13.7. The zero-order valence-corrected chi connectivity index (χ0v) is 16.1. The van der Waals surface area contributed by atoms with Crippen LogP contribution in [0.15, 0.2) is 0 Å². The molecule has 0 amide bonds. The van der Waals surface area contributed by atoms with Crippen LogP contribution in [-0.4, -0.2) is 51.6 Å². The minimum atomic E-state index is -4.57. The van der Waals surface area contributed by atoms with E-state index in [4.69, 9.17) is 11.1 Å². The van der Waals surface area contributed by atoms with Gasteiger partial charge in [-0.15, -0.1) is 4.28 Å². The van der Waals surface area contributed by atoms with Gasteiger partial charge in [-0.05, 0) is 15.8 Å². The maximum absolute atomic E-state index is 14.2. The molecule has 0 saturated heterocycles. The molecule has 0 spiro atoms. The fraction of sp³-hybridized carbons (Fsp3) is 0.273. The van der Waals surface area contributed by atoms with Gasteiger partial charge in [-0.25, -0.2) is 30.4 Å². The molecular weight excluding hydrogens is 445 g/mol. The molecule has 0 saturated carbocycles. The highest BCUT2D eigenvalue weighted by Crippen LogP contribution is 2.31. The number of rotatable bonds is 4. The van der Waals surface area contributed by atoms with Crippen LogP contribution in [0.1, 0.15) is 5.56 Å². The summed E-state index contributed by atoms with van der Waals surface area (Å²) in [7, 11) is -11.3. The first-order valence-electron chi connectivity index (χ1n) is 6.29. The molecule has 1 rings (SSSR count). The molecular formula is C11H12F5N3O5S3. The molecule has 154 valence electrons. The molecule has 1 aromatic carbocycles. The highest BCUT2D eigenvalue weighted by atomic mass is 33.2. The van der Waals surface area contributed by atoms with Gasteiger partial charge in [0.1, 0.15) is 4.99 Å². The van der Waals surface area contributed by atoms with E-state index in [1.807, 2.05) is 0 Å². The smallest absolute Gasteiger partial charge is 0.285 e. The Morgan fingerprint density at radius 2 is 1.33 bits per heavy atom. The molecule has 27 heavy (non-hydrogen) atoms. The summed E-state index contributed by atoms with van der Waals surface area (Å²) in [6.07, 6.45) is 1.72. The SMILES string of the molecule is C/S(=C(\c1c(F)c(F)c(F)c(F)c1F)N(OS(C)(=O)=O)C(=N)N)S(C)(=O)=O. The van der Waals surface area contributed by atoms with Crippen LogP contribution in [-0.2, 0) is 23.3 Å². The van der Waals surface area contributed by atoms with Crippen molar-refractivity contribution in [3.8, 4) is 0 Å². The van der Waals surface area contributed by atoms with Crippen LogP contribution in [0, 0.1) is 34.5 Å². The predicted molar refractivity (Wildman–Crippen MR) is 88.4 cm³/mol. The number of guanidine groups is 1. The number of nitrogens with zero attached hydrogens (tertiary/aromatic N) is 1. The van der Waals surface area contributed by atoms with E-state index >= 15 is 0 Å². The monoisotopic (exact) mass is 457 g/mol. The van der Waals surface area contributed by atoms with Crippen LogP contribution in [0.4, 0.5) is 22.0 Å². The highest BCUT2D eigenvalue weighted by Gasteiger charge is 2.35. The second-order valence-electron chi connectivity index (χ2n) is 4.87. The Hall–Kier alpha value is -1.78. The maximum atomic E-state index is 14.2. The van der Waals surface area contributed by atoms with Gasteiger partial charge in [-0.1, -0.05) is 0 Å². The maximum Gasteiger partial charge on any atom is 0.285 e. The van der Waals surface area contributed by atoms with Crippen molar-refractivity contribution in [3.63, 3.8) is 0 Å². The van der Waals surface area contributed by atoms with E-state index in [0.717, 1.165) is 6.26 Å². The Morgan fingerprint density at radius 1 is 0.963 bits per heavy atom. The van der Waals surface area contributed by atoms with Gasteiger partial charge < -0.3 is 5.73 Å². The molecule has 1 aromatic rings. The summed E-state index contributed by atoms with van der Waals surface area (Å²) in [6.45, 7) is 0. The quantitative estimate of drug-likeness (QED) is 0.1000. The van der Waals surface area contributed by atoms with Crippen molar-refractivity contribution < 1.29 is 43.1 Å². The van der Waals surface area contributed by atoms with Gasteiger partial charge in [-0.3, -0.25) is 5.41 Å². The number of hydroxylamine groups is 2. The summed E-state index contributed by atoms with van der Waals surface area (Å²) in [6, 6.07) is 0. The predicted octanol–water partition coefficient (Wildman–Crippen LogP) is 0.805. The molecule has 0 fully saturated rings. The van der Waals surface area contributed by atoms with Crippen molar-refractivity contribution in [1.82, 2.24) is 5.06 Å². The van der Waals surface area contributed by atoms with Gasteiger partial charge in [0.05, 0.1) is 11.8 Å². The van der Waals surface area contributed by atoms with Crippen LogP contribution < -0.4 is 5.73 Å². The Labute approximate surface area is 152 Å². The summed E-state index contributed by atoms with van der Waals surface area (Å²) < 4.78 is 119. The van der Waals surface area contributed by atoms with E-state index < -0.39 is 74.1 Å². The van der Waals surface area contributed by atoms with Crippen LogP contribution >= 0.6 is 9.52 Å². The summed E-state index contributed by atoms with van der Waals surface area (Å²) in [4.78, 5) is -1.37. The Balaban J connectivity index is 4.15. The molecule has 1 atom stereocenters. The number of nitrogens with two attached hydrogens (primary N) is 1. The fourth-order valence-electron chi connectivity index (χ4n) is 1.62. The molecule has 3 N–H and O–H groups in total. The largest absolute Gasteiger partial charge is 0.368 e. The topological polar surface area (TPSA) is 131 Å². The molecule has 0 aliphatic heterocycles. The molecule has 0 heterocycles. The van der Waals surface area contributed by atoms with Crippen molar-refractivity contribution in [1.29, 1.82) is 5.41 Å². The first-order valence-corrected chi connectivity index (χ1v) is 12.1. The molecule has 0 aromatic heterocycles. The second-order valence-corrected chi connectivity index (χ2v) is 12.4. The number of halogens is 5. The number of hydrogen-bond acceptors (Lipinski definition) is 6. The van der Waals surface area contributed by atoms with E-state index in [2.05, 4.69) is 4.28 Å². The molecule has 8 nitrogen and oxygen atoms in total. The first kappa shape index (κ1) is 23.3. The third-order valence-electron chi connectivity index (χ3n) is 2.76. The van der Waals surface area contributed by atoms with E-state index in [-0.39, 0.29) is 5.06 Å². The van der Waals surface area contributed by atoms with E-state index in [0.29, 0.717) is 12.5 Å². The number of hydrogen-bond donors (Lipinski definition) is 2. The lowest BCUT2D eigenvalue weighted by Crippen LogP contribution is -2.44. The van der Waals surface area contributed by atoms with Gasteiger partial charge in [0, 0.05) is 6.26 Å². The van der Waals surface area contributed by atoms with Crippen LogP contribution in [0.3, 0.4) is 0 Å². The fourth-order valence-corrected chi connectivity index (χ4v) is 4.53. The Bertz CT molecular complexity index is 1030. The van der Waals surface area contributed by atoms with Crippen LogP contribution in [0.5, 0.6) is 0 Å². The van der Waals surface area contributed by atoms with Crippen LogP contribution in [0.2, 0.25) is 0 Å². The lowest BCUT2D eigenvalue weighted by Gasteiger charge is -2.25.